The monoisotopic (exact) mass is 404 g/mol. The summed E-state index contributed by atoms with van der Waals surface area (Å²) in [5.74, 6) is 0.548. The number of aromatic nitrogens is 3. The van der Waals surface area contributed by atoms with Crippen molar-refractivity contribution in [3.63, 3.8) is 0 Å². The smallest absolute Gasteiger partial charge is 0.346 e. The molecule has 0 radical (unpaired) electrons. The van der Waals surface area contributed by atoms with Crippen molar-refractivity contribution < 1.29 is 9.53 Å². The van der Waals surface area contributed by atoms with Gasteiger partial charge in [-0.25, -0.2) is 9.48 Å². The fraction of sp³-hybridized carbons (Fsp3) is 0.348. The topological polar surface area (TPSA) is 69.4 Å². The van der Waals surface area contributed by atoms with E-state index in [1.807, 2.05) is 53.4 Å². The van der Waals surface area contributed by atoms with Crippen LogP contribution in [0.1, 0.15) is 35.9 Å². The zero-order valence-corrected chi connectivity index (χ0v) is 16.7. The Hall–Kier alpha value is -3.19. The van der Waals surface area contributed by atoms with Gasteiger partial charge in [0.05, 0.1) is 26.1 Å². The molecule has 2 aromatic carbocycles. The quantitative estimate of drug-likeness (QED) is 0.670. The number of fused-ring (bicyclic) bond motifs is 2. The summed E-state index contributed by atoms with van der Waals surface area (Å²) < 4.78 is 9.00. The zero-order valence-electron chi connectivity index (χ0n) is 16.7. The van der Waals surface area contributed by atoms with Gasteiger partial charge in [-0.3, -0.25) is 9.36 Å². The first kappa shape index (κ1) is 18.8. The molecule has 1 amide bonds. The molecule has 3 aromatic rings. The number of rotatable bonds is 4. The Kier molecular flexibility index (Phi) is 4.96. The third kappa shape index (κ3) is 3.45. The molecule has 5 rings (SSSR count). The van der Waals surface area contributed by atoms with Crippen LogP contribution in [0.3, 0.4) is 0 Å². The minimum Gasteiger partial charge on any atom is -0.368 e. The molecule has 1 atom stereocenters. The number of amides is 1. The highest BCUT2D eigenvalue weighted by molar-refractivity contribution is 5.94. The molecule has 0 saturated carbocycles. The summed E-state index contributed by atoms with van der Waals surface area (Å²) in [5.41, 5.74) is 3.04. The van der Waals surface area contributed by atoms with Crippen LogP contribution in [-0.2, 0) is 29.0 Å². The van der Waals surface area contributed by atoms with Crippen LogP contribution in [0, 0.1) is 0 Å². The number of hydrogen-bond acceptors (Lipinski definition) is 4. The van der Waals surface area contributed by atoms with E-state index in [4.69, 9.17) is 4.74 Å². The van der Waals surface area contributed by atoms with Crippen molar-refractivity contribution in [2.75, 3.05) is 18.1 Å². The van der Waals surface area contributed by atoms with E-state index in [1.165, 1.54) is 10.2 Å². The lowest BCUT2D eigenvalue weighted by Gasteiger charge is -2.31. The average molecular weight is 404 g/mol. The highest BCUT2D eigenvalue weighted by Crippen LogP contribution is 2.30. The number of carbonyl (C=O) groups is 1. The molecule has 154 valence electrons. The van der Waals surface area contributed by atoms with Crippen molar-refractivity contribution in [1.29, 1.82) is 0 Å². The van der Waals surface area contributed by atoms with Gasteiger partial charge in [-0.2, -0.15) is 5.10 Å². The van der Waals surface area contributed by atoms with Crippen LogP contribution in [0.4, 0.5) is 5.69 Å². The lowest BCUT2D eigenvalue weighted by atomic mass is 10.0. The van der Waals surface area contributed by atoms with Crippen molar-refractivity contribution in [3.05, 3.63) is 82.0 Å². The Morgan fingerprint density at radius 2 is 1.87 bits per heavy atom. The molecule has 3 heterocycles. The number of hydrogen-bond donors (Lipinski definition) is 0. The van der Waals surface area contributed by atoms with Crippen molar-refractivity contribution in [1.82, 2.24) is 14.3 Å². The zero-order chi connectivity index (χ0) is 20.5. The molecular weight excluding hydrogens is 380 g/mol. The highest BCUT2D eigenvalue weighted by Gasteiger charge is 2.31. The average Bonchev–Trinajstić information content (AvgIpc) is 3.10. The van der Waals surface area contributed by atoms with E-state index in [0.717, 1.165) is 24.1 Å². The second kappa shape index (κ2) is 7.91. The van der Waals surface area contributed by atoms with Crippen LogP contribution in [0.5, 0.6) is 0 Å². The first-order chi connectivity index (χ1) is 14.7. The van der Waals surface area contributed by atoms with Crippen LogP contribution in [-0.4, -0.2) is 33.4 Å². The van der Waals surface area contributed by atoms with E-state index in [1.54, 1.807) is 4.57 Å². The Labute approximate surface area is 174 Å². The third-order valence-corrected chi connectivity index (χ3v) is 5.82. The van der Waals surface area contributed by atoms with Crippen molar-refractivity contribution in [3.8, 4) is 0 Å². The Balaban J connectivity index is 1.38. The predicted octanol–water partition coefficient (Wildman–Crippen LogP) is 2.53. The number of para-hydroxylation sites is 1. The Morgan fingerprint density at radius 1 is 1.07 bits per heavy atom. The van der Waals surface area contributed by atoms with Crippen molar-refractivity contribution in [2.45, 2.75) is 38.5 Å². The molecule has 7 heteroatoms. The number of ether oxygens (including phenoxy) is 1. The fourth-order valence-corrected chi connectivity index (χ4v) is 4.34. The van der Waals surface area contributed by atoms with Crippen molar-refractivity contribution >= 4 is 11.6 Å². The predicted molar refractivity (Wildman–Crippen MR) is 112 cm³/mol. The largest absolute Gasteiger partial charge is 0.368 e. The van der Waals surface area contributed by atoms with Gasteiger partial charge in [-0.1, -0.05) is 48.5 Å². The summed E-state index contributed by atoms with van der Waals surface area (Å²) in [4.78, 5) is 27.8. The molecular formula is C23H24N4O3. The summed E-state index contributed by atoms with van der Waals surface area (Å²) >= 11 is 0. The highest BCUT2D eigenvalue weighted by atomic mass is 16.5. The molecule has 0 fully saturated rings. The third-order valence-electron chi connectivity index (χ3n) is 5.82. The van der Waals surface area contributed by atoms with Gasteiger partial charge in [-0.15, -0.1) is 0 Å². The second-order valence-electron chi connectivity index (χ2n) is 7.78. The number of benzene rings is 2. The lowest BCUT2D eigenvalue weighted by Crippen LogP contribution is -2.38. The first-order valence-electron chi connectivity index (χ1n) is 10.4. The van der Waals surface area contributed by atoms with Crippen LogP contribution in [0.25, 0.3) is 0 Å². The molecule has 30 heavy (non-hydrogen) atoms. The van der Waals surface area contributed by atoms with Gasteiger partial charge in [0.25, 0.3) is 0 Å². The van der Waals surface area contributed by atoms with Gasteiger partial charge < -0.3 is 9.64 Å². The number of anilines is 1. The van der Waals surface area contributed by atoms with Crippen LogP contribution in [0.2, 0.25) is 0 Å². The number of carbonyl (C=O) groups excluding carboxylic acids is 1. The van der Waals surface area contributed by atoms with Crippen LogP contribution < -0.4 is 10.6 Å². The summed E-state index contributed by atoms with van der Waals surface area (Å²) in [5, 5.41) is 4.54. The van der Waals surface area contributed by atoms with E-state index in [0.29, 0.717) is 32.1 Å². The normalized spacial score (nSPS) is 18.0. The molecule has 2 aliphatic rings. The molecule has 0 aliphatic carbocycles. The molecule has 1 aromatic heterocycles. The van der Waals surface area contributed by atoms with Crippen molar-refractivity contribution in [2.24, 2.45) is 0 Å². The molecule has 0 N–H and O–H groups in total. The maximum absolute atomic E-state index is 13.1. The first-order valence-corrected chi connectivity index (χ1v) is 10.4. The Morgan fingerprint density at radius 3 is 2.73 bits per heavy atom. The summed E-state index contributed by atoms with van der Waals surface area (Å²) in [6.07, 6.45) is 1.61. The summed E-state index contributed by atoms with van der Waals surface area (Å²) in [6.45, 7) is 1.97. The minimum absolute atomic E-state index is 0.00524. The van der Waals surface area contributed by atoms with Gasteiger partial charge in [0.1, 0.15) is 6.10 Å². The maximum Gasteiger partial charge on any atom is 0.346 e. The van der Waals surface area contributed by atoms with Gasteiger partial charge in [0.15, 0.2) is 5.82 Å². The summed E-state index contributed by atoms with van der Waals surface area (Å²) in [6, 6.07) is 17.8. The van der Waals surface area contributed by atoms with E-state index in [9.17, 15) is 9.59 Å². The standard InChI is InChI=1S/C23H24N4O3/c28-21(25-12-6-10-18-9-4-5-11-19(18)25)15-20-22-24-27(16-17-7-2-1-3-8-17)23(29)26(22)13-14-30-20/h1-5,7-9,11,20H,6,10,12-16H2. The van der Waals surface area contributed by atoms with Gasteiger partial charge in [0, 0.05) is 12.2 Å². The second-order valence-corrected chi connectivity index (χ2v) is 7.78. The van der Waals surface area contributed by atoms with E-state index < -0.39 is 6.10 Å². The van der Waals surface area contributed by atoms with Crippen LogP contribution >= 0.6 is 0 Å². The van der Waals surface area contributed by atoms with E-state index >= 15 is 0 Å². The van der Waals surface area contributed by atoms with Gasteiger partial charge in [-0.05, 0) is 30.0 Å². The van der Waals surface area contributed by atoms with E-state index in [2.05, 4.69) is 11.2 Å². The summed E-state index contributed by atoms with van der Waals surface area (Å²) in [7, 11) is 0. The Bertz CT molecular complexity index is 1120. The molecule has 2 aliphatic heterocycles. The number of nitrogens with zero attached hydrogens (tertiary/aromatic N) is 4. The van der Waals surface area contributed by atoms with E-state index in [-0.39, 0.29) is 18.0 Å². The van der Waals surface area contributed by atoms with Crippen LogP contribution in [0.15, 0.2) is 59.4 Å². The maximum atomic E-state index is 13.1. The molecule has 7 nitrogen and oxygen atoms in total. The number of aryl methyl sites for hydroxylation is 1. The lowest BCUT2D eigenvalue weighted by molar-refractivity contribution is -0.122. The fourth-order valence-electron chi connectivity index (χ4n) is 4.34. The molecule has 0 spiro atoms. The van der Waals surface area contributed by atoms with Gasteiger partial charge >= 0.3 is 5.69 Å². The molecule has 0 saturated heterocycles. The minimum atomic E-state index is -0.509. The molecule has 0 bridgehead atoms. The molecule has 1 unspecified atom stereocenters. The van der Waals surface area contributed by atoms with Gasteiger partial charge in [0.2, 0.25) is 5.91 Å². The SMILES string of the molecule is O=C(CC1OCCn2c1nn(Cc1ccccc1)c2=O)N1CCCc2ccccc21.